The first-order valence-electron chi connectivity index (χ1n) is 9.88. The molecule has 1 fully saturated rings. The Labute approximate surface area is 207 Å². The molecule has 3 atom stereocenters. The van der Waals surface area contributed by atoms with E-state index in [1.807, 2.05) is 0 Å². The number of amides is 2. The second-order valence-corrected chi connectivity index (χ2v) is 10.6. The summed E-state index contributed by atoms with van der Waals surface area (Å²) < 4.78 is 21.6. The van der Waals surface area contributed by atoms with Crippen molar-refractivity contribution in [2.45, 2.75) is 44.7 Å². The average Bonchev–Trinajstić information content (AvgIpc) is 3.21. The smallest absolute Gasteiger partial charge is 0.337 e. The number of aryl methyl sites for hydroxylation is 1. The molecule has 0 spiro atoms. The van der Waals surface area contributed by atoms with Gasteiger partial charge in [-0.15, -0.1) is 11.6 Å². The highest BCUT2D eigenvalue weighted by Gasteiger charge is 2.61. The molecule has 12 nitrogen and oxygen atoms in total. The summed E-state index contributed by atoms with van der Waals surface area (Å²) in [7, 11) is 1.15. The second-order valence-electron chi connectivity index (χ2n) is 7.89. The summed E-state index contributed by atoms with van der Waals surface area (Å²) in [5.41, 5.74) is -1.46. The number of Topliss-reactive ketones (excluding diaryl/α,β-unsaturated/α-hetero) is 1. The molecule has 2 aliphatic rings. The lowest BCUT2D eigenvalue weighted by molar-refractivity contribution is -0.149. The van der Waals surface area contributed by atoms with Crippen LogP contribution in [0, 0.1) is 6.92 Å². The number of ketones is 1. The minimum atomic E-state index is -1.65. The fourth-order valence-electron chi connectivity index (χ4n) is 3.05. The van der Waals surface area contributed by atoms with E-state index < -0.39 is 46.0 Å². The van der Waals surface area contributed by atoms with Crippen molar-refractivity contribution in [2.75, 3.05) is 11.6 Å². The van der Waals surface area contributed by atoms with Gasteiger partial charge in [0.1, 0.15) is 16.5 Å². The third-order valence-electron chi connectivity index (χ3n) is 5.20. The lowest BCUT2D eigenvalue weighted by atomic mass is 10.0. The van der Waals surface area contributed by atoms with E-state index in [0.717, 1.165) is 24.5 Å². The predicted molar refractivity (Wildman–Crippen MR) is 125 cm³/mol. The molecule has 0 radical (unpaired) electrons. The van der Waals surface area contributed by atoms with Crippen LogP contribution in [0.2, 0.25) is 0 Å². The van der Waals surface area contributed by atoms with Crippen LogP contribution in [0.3, 0.4) is 0 Å². The van der Waals surface area contributed by atoms with Gasteiger partial charge in [-0.25, -0.2) is 9.78 Å². The fraction of sp³-hybridized carbons (Fsp3) is 0.500. The zero-order valence-electron chi connectivity index (χ0n) is 18.9. The van der Waals surface area contributed by atoms with Crippen molar-refractivity contribution in [3.63, 3.8) is 0 Å². The van der Waals surface area contributed by atoms with Crippen LogP contribution >= 0.6 is 23.1 Å². The Balaban J connectivity index is 1.88. The number of fused-ring (bicyclic) bond motifs is 1. The highest BCUT2D eigenvalue weighted by Crippen LogP contribution is 2.37. The highest BCUT2D eigenvalue weighted by atomic mass is 35.5. The number of carbonyl (C=O) groups excluding carboxylic acids is 4. The standard InChI is InChI=1S/C18H21BClN5O7S2/c1-7(26)18(3,4)32-23-10(13-21-8(2)33-24-13)14(27)22-11-15(28)25-12(17(29)31-19)9(5-20)6-34(30)16(11)25/h11,16H,5-6,19H2,1-4H3,(H,22,27)/b23-10-/t11-,16-,34?/m1/s1. The molecular weight excluding hydrogens is 509 g/mol. The van der Waals surface area contributed by atoms with E-state index in [1.165, 1.54) is 20.8 Å². The van der Waals surface area contributed by atoms with Crippen LogP contribution in [0.4, 0.5) is 0 Å². The number of oxime groups is 1. The normalized spacial score (nSPS) is 22.6. The Morgan fingerprint density at radius 3 is 2.65 bits per heavy atom. The molecule has 3 rings (SSSR count). The number of hydrogen-bond donors (Lipinski definition) is 1. The number of carbonyl (C=O) groups is 4. The monoisotopic (exact) mass is 529 g/mol. The third kappa shape index (κ3) is 4.83. The average molecular weight is 530 g/mol. The predicted octanol–water partition coefficient (Wildman–Crippen LogP) is -1.07. The number of nitrogens with one attached hydrogen (secondary N) is 1. The van der Waals surface area contributed by atoms with Crippen LogP contribution in [-0.2, 0) is 39.8 Å². The first-order chi connectivity index (χ1) is 15.9. The van der Waals surface area contributed by atoms with Gasteiger partial charge in [0.05, 0.1) is 5.88 Å². The van der Waals surface area contributed by atoms with E-state index in [9.17, 15) is 23.7 Å². The number of aromatic nitrogens is 2. The number of rotatable bonds is 8. The molecule has 1 unspecified atom stereocenters. The molecule has 2 aliphatic heterocycles. The lowest BCUT2D eigenvalue weighted by Gasteiger charge is -2.49. The Bertz CT molecular complexity index is 1110. The largest absolute Gasteiger partial charge is 0.614 e. The van der Waals surface area contributed by atoms with Gasteiger partial charge < -0.3 is 19.4 Å². The molecule has 2 amide bonds. The second kappa shape index (κ2) is 10.0. The highest BCUT2D eigenvalue weighted by molar-refractivity contribution is 7.92. The van der Waals surface area contributed by atoms with Crippen LogP contribution in [0.15, 0.2) is 16.4 Å². The maximum absolute atomic E-state index is 13.1. The number of nitrogens with zero attached hydrogens (tertiary/aromatic N) is 4. The summed E-state index contributed by atoms with van der Waals surface area (Å²) in [6, 6.07) is -1.21. The zero-order valence-corrected chi connectivity index (χ0v) is 21.3. The van der Waals surface area contributed by atoms with Gasteiger partial charge in [-0.05, 0) is 50.4 Å². The van der Waals surface area contributed by atoms with E-state index in [0.29, 0.717) is 10.6 Å². The summed E-state index contributed by atoms with van der Waals surface area (Å²) in [5.74, 6) is -2.90. The quantitative estimate of drug-likeness (QED) is 0.110. The summed E-state index contributed by atoms with van der Waals surface area (Å²) in [4.78, 5) is 60.4. The van der Waals surface area contributed by atoms with Crippen molar-refractivity contribution < 1.29 is 33.2 Å². The van der Waals surface area contributed by atoms with E-state index in [2.05, 4.69) is 19.8 Å². The van der Waals surface area contributed by atoms with Crippen LogP contribution in [0.5, 0.6) is 0 Å². The molecule has 1 aromatic rings. The zero-order chi connectivity index (χ0) is 25.4. The summed E-state index contributed by atoms with van der Waals surface area (Å²) in [6.07, 6.45) is 0. The molecule has 0 bridgehead atoms. The van der Waals surface area contributed by atoms with Gasteiger partial charge in [-0.3, -0.25) is 19.3 Å². The Kier molecular flexibility index (Phi) is 7.70. The summed E-state index contributed by atoms with van der Waals surface area (Å²) >= 11 is 5.25. The van der Waals surface area contributed by atoms with Crippen LogP contribution in [0.25, 0.3) is 0 Å². The summed E-state index contributed by atoms with van der Waals surface area (Å²) in [6.45, 7) is 5.93. The van der Waals surface area contributed by atoms with Crippen molar-refractivity contribution in [1.29, 1.82) is 0 Å². The molecule has 1 saturated heterocycles. The minimum absolute atomic E-state index is 0.0571. The maximum atomic E-state index is 13.1. The van der Waals surface area contributed by atoms with Gasteiger partial charge in [0, 0.05) is 5.57 Å². The molecule has 0 saturated carbocycles. The number of halogens is 1. The first kappa shape index (κ1) is 26.1. The molecule has 3 heterocycles. The van der Waals surface area contributed by atoms with Crippen LogP contribution in [0.1, 0.15) is 31.6 Å². The fourth-order valence-corrected chi connectivity index (χ4v) is 5.55. The van der Waals surface area contributed by atoms with Gasteiger partial charge >= 0.3 is 14.0 Å². The van der Waals surface area contributed by atoms with Gasteiger partial charge in [0.25, 0.3) is 11.8 Å². The molecule has 0 aromatic carbocycles. The van der Waals surface area contributed by atoms with Crippen molar-refractivity contribution >= 4 is 71.6 Å². The van der Waals surface area contributed by atoms with Crippen molar-refractivity contribution in [2.24, 2.45) is 5.16 Å². The SMILES string of the molecule is BOC(=O)C1=C(CCl)C[S+]([O-])[C@@H]2[C@H](NC(=O)/C(=N\OC(C)(C)C(C)=O)c3nsc(C)n3)C(=O)N12. The maximum Gasteiger partial charge on any atom is 0.337 e. The van der Waals surface area contributed by atoms with Gasteiger partial charge in [0.15, 0.2) is 17.4 Å². The van der Waals surface area contributed by atoms with Crippen molar-refractivity contribution in [3.05, 3.63) is 22.1 Å². The number of hydrogen-bond acceptors (Lipinski definition) is 11. The van der Waals surface area contributed by atoms with Gasteiger partial charge in [-0.1, -0.05) is 5.16 Å². The van der Waals surface area contributed by atoms with E-state index >= 15 is 0 Å². The van der Waals surface area contributed by atoms with Gasteiger partial charge in [-0.2, -0.15) is 4.37 Å². The van der Waals surface area contributed by atoms with Crippen LogP contribution in [-0.4, -0.2) is 84.8 Å². The number of alkyl halides is 1. The lowest BCUT2D eigenvalue weighted by Crippen LogP contribution is -2.75. The minimum Gasteiger partial charge on any atom is -0.614 e. The Hall–Kier alpha value is -2.49. The van der Waals surface area contributed by atoms with E-state index in [1.54, 1.807) is 6.92 Å². The topological polar surface area (TPSA) is 163 Å². The van der Waals surface area contributed by atoms with Crippen LogP contribution < -0.4 is 5.32 Å². The third-order valence-corrected chi connectivity index (χ3v) is 7.80. The van der Waals surface area contributed by atoms with E-state index in [4.69, 9.17) is 21.1 Å². The Morgan fingerprint density at radius 1 is 1.44 bits per heavy atom. The molecule has 34 heavy (non-hydrogen) atoms. The molecule has 0 aliphatic carbocycles. The number of β-lactam (4-membered cyclic amide) rings is 1. The molecule has 1 aromatic heterocycles. The Morgan fingerprint density at radius 2 is 2.12 bits per heavy atom. The molecular formula is C18H21BClN5O7S2. The van der Waals surface area contributed by atoms with Crippen molar-refractivity contribution in [1.82, 2.24) is 19.6 Å². The molecule has 1 N–H and O–H groups in total. The molecule has 182 valence electrons. The first-order valence-corrected chi connectivity index (χ1v) is 12.6. The van der Waals surface area contributed by atoms with E-state index in [-0.39, 0.29) is 34.6 Å². The summed E-state index contributed by atoms with van der Waals surface area (Å²) in [5, 5.41) is 5.82. The van der Waals surface area contributed by atoms with Gasteiger partial charge in [0.2, 0.25) is 16.9 Å². The molecule has 16 heteroatoms. The van der Waals surface area contributed by atoms with Crippen molar-refractivity contribution in [3.8, 4) is 0 Å².